The van der Waals surface area contributed by atoms with E-state index in [-0.39, 0.29) is 17.8 Å². The molecule has 2 aliphatic rings. The number of carbonyl (C=O) groups is 1. The number of likely N-dealkylation sites (tertiary alicyclic amines) is 1. The molecule has 120 valence electrons. The fourth-order valence-electron chi connectivity index (χ4n) is 3.61. The summed E-state index contributed by atoms with van der Waals surface area (Å²) in [6, 6.07) is 5.08. The molecule has 1 amide bonds. The molecule has 0 bridgehead atoms. The van der Waals surface area contributed by atoms with Gasteiger partial charge in [0.2, 0.25) is 0 Å². The summed E-state index contributed by atoms with van der Waals surface area (Å²) in [4.78, 5) is 13.1. The molecule has 0 unspecified atom stereocenters. The lowest BCUT2D eigenvalue weighted by Crippen LogP contribution is -2.40. The zero-order valence-electron chi connectivity index (χ0n) is 12.9. The van der Waals surface area contributed by atoms with Crippen molar-refractivity contribution in [3.63, 3.8) is 0 Å². The van der Waals surface area contributed by atoms with E-state index >= 15 is 0 Å². The molecule has 0 spiro atoms. The highest BCUT2D eigenvalue weighted by Crippen LogP contribution is 2.38. The molecule has 1 saturated heterocycles. The molecule has 1 aliphatic heterocycles. The molecule has 3 rings (SSSR count). The van der Waals surface area contributed by atoms with Crippen LogP contribution in [0.25, 0.3) is 0 Å². The summed E-state index contributed by atoms with van der Waals surface area (Å²) >= 11 is 0. The molecule has 1 heterocycles. The Balaban J connectivity index is 1.81. The summed E-state index contributed by atoms with van der Waals surface area (Å²) in [5.74, 6) is -0.0221. The Kier molecular flexibility index (Phi) is 4.34. The van der Waals surface area contributed by atoms with Gasteiger partial charge < -0.3 is 15.3 Å². The van der Waals surface area contributed by atoms with Crippen LogP contribution in [0.15, 0.2) is 18.2 Å². The van der Waals surface area contributed by atoms with Crippen LogP contribution >= 0.6 is 0 Å². The number of halogens is 1. The van der Waals surface area contributed by atoms with Crippen LogP contribution in [0.1, 0.15) is 42.9 Å². The SMILES string of the molecule is Cc1cc(F)ccc1[C@H]1[C@H](CNC2CCC2)CCN1C(=O)O. The van der Waals surface area contributed by atoms with Crippen LogP contribution in [0, 0.1) is 18.7 Å². The van der Waals surface area contributed by atoms with E-state index in [0.717, 1.165) is 24.1 Å². The maximum Gasteiger partial charge on any atom is 0.407 e. The molecule has 22 heavy (non-hydrogen) atoms. The normalized spacial score (nSPS) is 25.3. The number of benzene rings is 1. The third-order valence-corrected chi connectivity index (χ3v) is 5.09. The lowest BCUT2D eigenvalue weighted by Gasteiger charge is -2.31. The summed E-state index contributed by atoms with van der Waals surface area (Å²) in [6.07, 6.45) is 3.68. The minimum Gasteiger partial charge on any atom is -0.465 e. The Hall–Kier alpha value is -1.62. The number of aryl methyl sites for hydroxylation is 1. The van der Waals surface area contributed by atoms with Crippen molar-refractivity contribution in [2.75, 3.05) is 13.1 Å². The second-order valence-corrected chi connectivity index (χ2v) is 6.51. The monoisotopic (exact) mass is 306 g/mol. The molecule has 5 heteroatoms. The third kappa shape index (κ3) is 2.95. The quantitative estimate of drug-likeness (QED) is 0.897. The first-order valence-electron chi connectivity index (χ1n) is 8.05. The van der Waals surface area contributed by atoms with Gasteiger partial charge in [0.05, 0.1) is 6.04 Å². The van der Waals surface area contributed by atoms with Crippen molar-refractivity contribution < 1.29 is 14.3 Å². The lowest BCUT2D eigenvalue weighted by atomic mass is 9.88. The highest BCUT2D eigenvalue weighted by molar-refractivity contribution is 5.66. The maximum atomic E-state index is 13.4. The van der Waals surface area contributed by atoms with Crippen LogP contribution in [-0.4, -0.2) is 35.2 Å². The first-order valence-corrected chi connectivity index (χ1v) is 8.05. The zero-order chi connectivity index (χ0) is 15.7. The number of carboxylic acid groups (broad SMARTS) is 1. The van der Waals surface area contributed by atoms with E-state index in [2.05, 4.69) is 5.32 Å². The molecule has 2 atom stereocenters. The number of hydrogen-bond acceptors (Lipinski definition) is 2. The van der Waals surface area contributed by atoms with Crippen molar-refractivity contribution in [2.45, 2.75) is 44.7 Å². The predicted octanol–water partition coefficient (Wildman–Crippen LogP) is 3.32. The molecular formula is C17H23FN2O2. The van der Waals surface area contributed by atoms with E-state index in [1.165, 1.54) is 36.3 Å². The third-order valence-electron chi connectivity index (χ3n) is 5.09. The molecule has 2 fully saturated rings. The summed E-state index contributed by atoms with van der Waals surface area (Å²) in [7, 11) is 0. The predicted molar refractivity (Wildman–Crippen MR) is 82.4 cm³/mol. The van der Waals surface area contributed by atoms with Crippen LogP contribution in [0.3, 0.4) is 0 Å². The van der Waals surface area contributed by atoms with Gasteiger partial charge in [-0.25, -0.2) is 9.18 Å². The van der Waals surface area contributed by atoms with Crippen LogP contribution in [-0.2, 0) is 0 Å². The van der Waals surface area contributed by atoms with Crippen molar-refractivity contribution in [1.82, 2.24) is 10.2 Å². The summed E-state index contributed by atoms with van der Waals surface area (Å²) in [6.45, 7) is 3.23. The first-order chi connectivity index (χ1) is 10.6. The molecule has 1 saturated carbocycles. The molecule has 1 aromatic rings. The molecule has 1 aliphatic carbocycles. The van der Waals surface area contributed by atoms with E-state index in [9.17, 15) is 14.3 Å². The Morgan fingerprint density at radius 3 is 2.77 bits per heavy atom. The van der Waals surface area contributed by atoms with Gasteiger partial charge in [-0.05, 0) is 55.4 Å². The minimum absolute atomic E-state index is 0.175. The van der Waals surface area contributed by atoms with Crippen LogP contribution < -0.4 is 5.32 Å². The summed E-state index contributed by atoms with van der Waals surface area (Å²) < 4.78 is 13.4. The van der Waals surface area contributed by atoms with Crippen molar-refractivity contribution >= 4 is 6.09 Å². The van der Waals surface area contributed by atoms with E-state index in [1.54, 1.807) is 6.07 Å². The average molecular weight is 306 g/mol. The molecule has 2 N–H and O–H groups in total. The molecule has 0 aromatic heterocycles. The van der Waals surface area contributed by atoms with E-state index in [0.29, 0.717) is 12.6 Å². The average Bonchev–Trinajstić information content (AvgIpc) is 2.81. The molecule has 4 nitrogen and oxygen atoms in total. The van der Waals surface area contributed by atoms with Crippen molar-refractivity contribution in [1.29, 1.82) is 0 Å². The van der Waals surface area contributed by atoms with Gasteiger partial charge >= 0.3 is 6.09 Å². The van der Waals surface area contributed by atoms with E-state index in [4.69, 9.17) is 0 Å². The smallest absolute Gasteiger partial charge is 0.407 e. The fourth-order valence-corrected chi connectivity index (χ4v) is 3.61. The second-order valence-electron chi connectivity index (χ2n) is 6.51. The van der Waals surface area contributed by atoms with Gasteiger partial charge in [-0.3, -0.25) is 0 Å². The Labute approximate surface area is 130 Å². The van der Waals surface area contributed by atoms with Gasteiger partial charge in [0.1, 0.15) is 5.82 Å². The highest BCUT2D eigenvalue weighted by atomic mass is 19.1. The van der Waals surface area contributed by atoms with Crippen LogP contribution in [0.2, 0.25) is 0 Å². The van der Waals surface area contributed by atoms with Crippen molar-refractivity contribution in [3.05, 3.63) is 35.1 Å². The van der Waals surface area contributed by atoms with Crippen LogP contribution in [0.5, 0.6) is 0 Å². The second kappa shape index (κ2) is 6.24. The standard InChI is InChI=1S/C17H23FN2O2/c1-11-9-13(18)5-6-15(11)16-12(7-8-20(16)17(21)22)10-19-14-3-2-4-14/h5-6,9,12,14,16,19H,2-4,7-8,10H2,1H3,(H,21,22)/t12-,16+/m0/s1. The van der Waals surface area contributed by atoms with Gasteiger partial charge in [-0.2, -0.15) is 0 Å². The Bertz CT molecular complexity index is 560. The van der Waals surface area contributed by atoms with Crippen molar-refractivity contribution in [3.8, 4) is 0 Å². The Morgan fingerprint density at radius 2 is 2.18 bits per heavy atom. The van der Waals surface area contributed by atoms with Crippen LogP contribution in [0.4, 0.5) is 9.18 Å². The minimum atomic E-state index is -0.889. The largest absolute Gasteiger partial charge is 0.465 e. The number of rotatable bonds is 4. The van der Waals surface area contributed by atoms with Crippen molar-refractivity contribution in [2.24, 2.45) is 5.92 Å². The maximum absolute atomic E-state index is 13.4. The molecular weight excluding hydrogens is 283 g/mol. The van der Waals surface area contributed by atoms with E-state index in [1.807, 2.05) is 6.92 Å². The van der Waals surface area contributed by atoms with Gasteiger partial charge in [0.25, 0.3) is 0 Å². The number of nitrogens with one attached hydrogen (secondary N) is 1. The van der Waals surface area contributed by atoms with Gasteiger partial charge in [-0.15, -0.1) is 0 Å². The van der Waals surface area contributed by atoms with E-state index < -0.39 is 6.09 Å². The topological polar surface area (TPSA) is 52.6 Å². The fraction of sp³-hybridized carbons (Fsp3) is 0.588. The first kappa shape index (κ1) is 15.3. The number of nitrogens with zero attached hydrogens (tertiary/aromatic N) is 1. The number of amides is 1. The molecule has 0 radical (unpaired) electrons. The molecule has 1 aromatic carbocycles. The Morgan fingerprint density at radius 1 is 1.41 bits per heavy atom. The number of hydrogen-bond donors (Lipinski definition) is 2. The lowest BCUT2D eigenvalue weighted by molar-refractivity contribution is 0.133. The van der Waals surface area contributed by atoms with Gasteiger partial charge in [0, 0.05) is 19.1 Å². The van der Waals surface area contributed by atoms with Gasteiger partial charge in [-0.1, -0.05) is 12.5 Å². The zero-order valence-corrected chi connectivity index (χ0v) is 12.9. The summed E-state index contributed by atoms with van der Waals surface area (Å²) in [5.41, 5.74) is 1.76. The highest BCUT2D eigenvalue weighted by Gasteiger charge is 2.39. The summed E-state index contributed by atoms with van der Waals surface area (Å²) in [5, 5.41) is 13.0. The van der Waals surface area contributed by atoms with Gasteiger partial charge in [0.15, 0.2) is 0 Å².